The zero-order valence-electron chi connectivity index (χ0n) is 13.3. The minimum absolute atomic E-state index is 0.00967. The largest absolute Gasteiger partial charge is 0.481 e. The van der Waals surface area contributed by atoms with Crippen LogP contribution in [0.4, 0.5) is 0 Å². The summed E-state index contributed by atoms with van der Waals surface area (Å²) in [6, 6.07) is 0. The van der Waals surface area contributed by atoms with Crippen LogP contribution in [0.25, 0.3) is 0 Å². The molecule has 0 heterocycles. The normalized spacial score (nSPS) is 27.1. The van der Waals surface area contributed by atoms with Crippen LogP contribution in [0.1, 0.15) is 47.0 Å². The van der Waals surface area contributed by atoms with Crippen LogP contribution in [-0.2, 0) is 14.4 Å². The maximum Gasteiger partial charge on any atom is 0.305 e. The molecule has 3 N–H and O–H groups in total. The van der Waals surface area contributed by atoms with Crippen molar-refractivity contribution in [2.75, 3.05) is 13.1 Å². The average molecular weight is 298 g/mol. The summed E-state index contributed by atoms with van der Waals surface area (Å²) in [6.45, 7) is 8.31. The molecule has 1 aliphatic rings. The second-order valence-corrected chi connectivity index (χ2v) is 6.44. The van der Waals surface area contributed by atoms with E-state index < -0.39 is 16.8 Å². The van der Waals surface area contributed by atoms with Gasteiger partial charge >= 0.3 is 5.97 Å². The highest BCUT2D eigenvalue weighted by Gasteiger charge is 2.57. The van der Waals surface area contributed by atoms with Crippen LogP contribution in [0.3, 0.4) is 0 Å². The highest BCUT2D eigenvalue weighted by Crippen LogP contribution is 2.56. The van der Waals surface area contributed by atoms with Crippen LogP contribution in [0.5, 0.6) is 0 Å². The molecule has 1 rings (SSSR count). The van der Waals surface area contributed by atoms with Gasteiger partial charge in [-0.15, -0.1) is 0 Å². The molecule has 0 aliphatic heterocycles. The number of carboxylic acid groups (broad SMARTS) is 1. The van der Waals surface area contributed by atoms with Crippen LogP contribution >= 0.6 is 0 Å². The summed E-state index contributed by atoms with van der Waals surface area (Å²) in [5, 5.41) is 14.1. The average Bonchev–Trinajstić information content (AvgIpc) is 2.61. The van der Waals surface area contributed by atoms with E-state index in [1.807, 2.05) is 27.7 Å². The van der Waals surface area contributed by atoms with E-state index in [0.29, 0.717) is 19.4 Å². The number of rotatable bonds is 6. The second-order valence-electron chi connectivity index (χ2n) is 6.44. The van der Waals surface area contributed by atoms with Crippen molar-refractivity contribution in [1.29, 1.82) is 0 Å². The summed E-state index contributed by atoms with van der Waals surface area (Å²) >= 11 is 0. The molecule has 1 saturated carbocycles. The lowest BCUT2D eigenvalue weighted by molar-refractivity contribution is -0.139. The lowest BCUT2D eigenvalue weighted by Gasteiger charge is -2.39. The van der Waals surface area contributed by atoms with Gasteiger partial charge in [-0.05, 0) is 25.2 Å². The first kappa shape index (κ1) is 17.5. The molecule has 0 saturated heterocycles. The Bertz CT molecular complexity index is 433. The van der Waals surface area contributed by atoms with Crippen molar-refractivity contribution in [2.24, 2.45) is 16.7 Å². The summed E-state index contributed by atoms with van der Waals surface area (Å²) in [6.07, 6.45) is 1.20. The molecule has 0 radical (unpaired) electrons. The zero-order valence-corrected chi connectivity index (χ0v) is 13.3. The molecule has 6 heteroatoms. The van der Waals surface area contributed by atoms with E-state index in [9.17, 15) is 14.4 Å². The number of nitrogens with one attached hydrogen (secondary N) is 2. The topological polar surface area (TPSA) is 95.5 Å². The van der Waals surface area contributed by atoms with Gasteiger partial charge in [0.2, 0.25) is 11.8 Å². The summed E-state index contributed by atoms with van der Waals surface area (Å²) < 4.78 is 0. The Morgan fingerprint density at radius 1 is 1.19 bits per heavy atom. The van der Waals surface area contributed by atoms with Gasteiger partial charge in [0.05, 0.1) is 11.8 Å². The number of amides is 2. The van der Waals surface area contributed by atoms with Gasteiger partial charge in [-0.2, -0.15) is 0 Å². The molecule has 21 heavy (non-hydrogen) atoms. The van der Waals surface area contributed by atoms with Gasteiger partial charge in [-0.1, -0.05) is 20.8 Å². The molecule has 1 fully saturated rings. The monoisotopic (exact) mass is 298 g/mol. The molecule has 120 valence electrons. The Morgan fingerprint density at radius 3 is 2.33 bits per heavy atom. The van der Waals surface area contributed by atoms with Crippen molar-refractivity contribution in [3.05, 3.63) is 0 Å². The van der Waals surface area contributed by atoms with Gasteiger partial charge in [0.15, 0.2) is 0 Å². The van der Waals surface area contributed by atoms with E-state index in [-0.39, 0.29) is 30.7 Å². The Balaban J connectivity index is 2.79. The molecular weight excluding hydrogens is 272 g/mol. The van der Waals surface area contributed by atoms with Crippen molar-refractivity contribution in [3.63, 3.8) is 0 Å². The quantitative estimate of drug-likeness (QED) is 0.685. The summed E-state index contributed by atoms with van der Waals surface area (Å²) in [5.41, 5.74) is -1.14. The Morgan fingerprint density at radius 2 is 1.81 bits per heavy atom. The van der Waals surface area contributed by atoms with Crippen LogP contribution < -0.4 is 10.6 Å². The van der Waals surface area contributed by atoms with Crippen LogP contribution in [0.15, 0.2) is 0 Å². The minimum Gasteiger partial charge on any atom is -0.481 e. The second kappa shape index (κ2) is 6.45. The Labute approximate surface area is 125 Å². The third kappa shape index (κ3) is 3.36. The SMILES string of the molecule is CCNC(=O)[C@H]1CC[C@@](C)(C(=O)NCCC(=O)O)C1(C)C. The molecule has 6 nitrogen and oxygen atoms in total. The van der Waals surface area contributed by atoms with E-state index >= 15 is 0 Å². The van der Waals surface area contributed by atoms with Crippen molar-refractivity contribution >= 4 is 17.8 Å². The van der Waals surface area contributed by atoms with Gasteiger partial charge < -0.3 is 15.7 Å². The van der Waals surface area contributed by atoms with Crippen LogP contribution in [0.2, 0.25) is 0 Å². The predicted molar refractivity (Wildman–Crippen MR) is 78.6 cm³/mol. The van der Waals surface area contributed by atoms with Crippen molar-refractivity contribution in [1.82, 2.24) is 10.6 Å². The lowest BCUT2D eigenvalue weighted by Crippen LogP contribution is -2.49. The van der Waals surface area contributed by atoms with Crippen molar-refractivity contribution < 1.29 is 19.5 Å². The molecule has 0 unspecified atom stereocenters. The van der Waals surface area contributed by atoms with Gasteiger partial charge in [-0.3, -0.25) is 14.4 Å². The standard InChI is InChI=1S/C15H26N2O4/c1-5-16-12(20)10-6-8-15(4,14(10,2)3)13(21)17-9-7-11(18)19/h10H,5-9H2,1-4H3,(H,16,20)(H,17,21)(H,18,19)/t10-,15+/m1/s1. The summed E-state index contributed by atoms with van der Waals surface area (Å²) in [4.78, 5) is 35.1. The lowest BCUT2D eigenvalue weighted by atomic mass is 9.65. The Kier molecular flexibility index (Phi) is 5.36. The first-order valence-corrected chi connectivity index (χ1v) is 7.44. The maximum absolute atomic E-state index is 12.5. The van der Waals surface area contributed by atoms with E-state index in [0.717, 1.165) is 0 Å². The fraction of sp³-hybridized carbons (Fsp3) is 0.800. The molecule has 2 amide bonds. The van der Waals surface area contributed by atoms with Gasteiger partial charge in [0.1, 0.15) is 0 Å². The van der Waals surface area contributed by atoms with Crippen molar-refractivity contribution in [2.45, 2.75) is 47.0 Å². The van der Waals surface area contributed by atoms with E-state index in [4.69, 9.17) is 5.11 Å². The number of hydrogen-bond donors (Lipinski definition) is 3. The molecule has 0 aromatic carbocycles. The third-order valence-corrected chi connectivity index (χ3v) is 5.02. The Hall–Kier alpha value is -1.59. The van der Waals surface area contributed by atoms with E-state index in [1.54, 1.807) is 0 Å². The van der Waals surface area contributed by atoms with Crippen LogP contribution in [0, 0.1) is 16.7 Å². The van der Waals surface area contributed by atoms with Gasteiger partial charge in [-0.25, -0.2) is 0 Å². The highest BCUT2D eigenvalue weighted by molar-refractivity contribution is 5.87. The summed E-state index contributed by atoms with van der Waals surface area (Å²) in [5.74, 6) is -1.32. The molecule has 0 aromatic heterocycles. The number of carboxylic acids is 1. The first-order chi connectivity index (χ1) is 9.66. The molecular formula is C15H26N2O4. The minimum atomic E-state index is -0.939. The molecule has 2 atom stereocenters. The third-order valence-electron chi connectivity index (χ3n) is 5.02. The summed E-state index contributed by atoms with van der Waals surface area (Å²) in [7, 11) is 0. The molecule has 1 aliphatic carbocycles. The molecule has 0 spiro atoms. The first-order valence-electron chi connectivity index (χ1n) is 7.44. The smallest absolute Gasteiger partial charge is 0.305 e. The molecule has 0 aromatic rings. The number of carbonyl (C=O) groups excluding carboxylic acids is 2. The highest BCUT2D eigenvalue weighted by atomic mass is 16.4. The molecule has 0 bridgehead atoms. The van der Waals surface area contributed by atoms with Gasteiger partial charge in [0, 0.05) is 19.0 Å². The zero-order chi connectivity index (χ0) is 16.3. The number of aliphatic carboxylic acids is 1. The van der Waals surface area contributed by atoms with Gasteiger partial charge in [0.25, 0.3) is 0 Å². The van der Waals surface area contributed by atoms with E-state index in [2.05, 4.69) is 10.6 Å². The fourth-order valence-electron chi connectivity index (χ4n) is 3.14. The fourth-order valence-corrected chi connectivity index (χ4v) is 3.14. The number of carbonyl (C=O) groups is 3. The van der Waals surface area contributed by atoms with E-state index in [1.165, 1.54) is 0 Å². The van der Waals surface area contributed by atoms with Crippen molar-refractivity contribution in [3.8, 4) is 0 Å². The van der Waals surface area contributed by atoms with Crippen LogP contribution in [-0.4, -0.2) is 36.0 Å². The number of hydrogen-bond acceptors (Lipinski definition) is 3. The predicted octanol–water partition coefficient (Wildman–Crippen LogP) is 1.16. The maximum atomic E-state index is 12.5.